The molecule has 7 nitrogen and oxygen atoms in total. The van der Waals surface area contributed by atoms with Gasteiger partial charge in [-0.15, -0.1) is 0 Å². The number of aromatic nitrogens is 1. The molecule has 1 atom stereocenters. The van der Waals surface area contributed by atoms with Crippen molar-refractivity contribution in [2.75, 3.05) is 7.11 Å². The summed E-state index contributed by atoms with van der Waals surface area (Å²) in [5.41, 5.74) is 3.54. The summed E-state index contributed by atoms with van der Waals surface area (Å²) in [4.78, 5) is 39.6. The van der Waals surface area contributed by atoms with Crippen molar-refractivity contribution >= 4 is 11.9 Å². The molecule has 0 bridgehead atoms. The smallest absolute Gasteiger partial charge is 0.333 e. The van der Waals surface area contributed by atoms with Gasteiger partial charge in [0.05, 0.1) is 25.3 Å². The van der Waals surface area contributed by atoms with E-state index in [1.165, 1.54) is 7.11 Å². The summed E-state index contributed by atoms with van der Waals surface area (Å²) in [7, 11) is 1.26. The lowest BCUT2D eigenvalue weighted by atomic mass is 9.95. The van der Waals surface area contributed by atoms with Crippen LogP contribution in [0.4, 0.5) is 0 Å². The van der Waals surface area contributed by atoms with Crippen LogP contribution in [-0.4, -0.2) is 23.6 Å². The second-order valence-corrected chi connectivity index (χ2v) is 8.98. The highest BCUT2D eigenvalue weighted by Crippen LogP contribution is 2.22. The fourth-order valence-electron chi connectivity index (χ4n) is 4.68. The Balaban J connectivity index is 1.75. The van der Waals surface area contributed by atoms with Gasteiger partial charge in [0, 0.05) is 5.69 Å². The van der Waals surface area contributed by atoms with Gasteiger partial charge in [0.25, 0.3) is 11.5 Å². The fraction of sp³-hybridized carbons (Fsp3) is 0.310. The van der Waals surface area contributed by atoms with E-state index in [4.69, 9.17) is 10.00 Å². The van der Waals surface area contributed by atoms with Crippen LogP contribution < -0.4 is 10.9 Å². The molecule has 1 N–H and O–H groups in total. The molecule has 3 aromatic rings. The number of pyridine rings is 1. The molecule has 0 radical (unpaired) electrons. The Kier molecular flexibility index (Phi) is 7.96. The summed E-state index contributed by atoms with van der Waals surface area (Å²) in [5.74, 6) is -1.23. The lowest BCUT2D eigenvalue weighted by Crippen LogP contribution is -2.39. The summed E-state index contributed by atoms with van der Waals surface area (Å²) in [5, 5.41) is 11.8. The zero-order valence-corrected chi connectivity index (χ0v) is 20.3. The Morgan fingerprint density at radius 3 is 2.39 bits per heavy atom. The van der Waals surface area contributed by atoms with E-state index in [2.05, 4.69) is 11.4 Å². The Hall–Kier alpha value is -4.18. The van der Waals surface area contributed by atoms with Gasteiger partial charge in [0.2, 0.25) is 0 Å². The molecule has 1 aliphatic rings. The summed E-state index contributed by atoms with van der Waals surface area (Å²) < 4.78 is 6.60. The van der Waals surface area contributed by atoms with Crippen molar-refractivity contribution in [1.29, 1.82) is 5.26 Å². The molecule has 0 aliphatic heterocycles. The number of fused-ring (bicyclic) bond motifs is 1. The number of carbonyl (C=O) groups excluding carboxylic acids is 2. The van der Waals surface area contributed by atoms with Gasteiger partial charge in [-0.25, -0.2) is 4.79 Å². The second-order valence-electron chi connectivity index (χ2n) is 8.98. The standard InChI is InChI=1S/C29H29N3O4/c1-36-29(35)26(22-9-6-4-7-10-22)31-27(33)24-17-23-11-5-2-3-8-12-25(23)32(28(24)34)19-21-15-13-20(18-30)14-16-21/h4,6-7,9-10,13-17,26H,2-3,5,8,11-12,19H2,1H3,(H,31,33). The summed E-state index contributed by atoms with van der Waals surface area (Å²) >= 11 is 0. The zero-order chi connectivity index (χ0) is 25.5. The third kappa shape index (κ3) is 5.55. The fourth-order valence-corrected chi connectivity index (χ4v) is 4.68. The number of methoxy groups -OCH3 is 1. The summed E-state index contributed by atoms with van der Waals surface area (Å²) in [6.07, 6.45) is 5.71. The van der Waals surface area contributed by atoms with E-state index >= 15 is 0 Å². The first-order valence-electron chi connectivity index (χ1n) is 12.2. The van der Waals surface area contributed by atoms with E-state index in [1.807, 2.05) is 18.2 Å². The van der Waals surface area contributed by atoms with Gasteiger partial charge >= 0.3 is 5.97 Å². The van der Waals surface area contributed by atoms with Crippen LogP contribution in [0, 0.1) is 11.3 Å². The Bertz CT molecular complexity index is 1340. The van der Waals surface area contributed by atoms with Crippen LogP contribution in [0.2, 0.25) is 0 Å². The SMILES string of the molecule is COC(=O)C(NC(=O)c1cc2c(n(Cc3ccc(C#N)cc3)c1=O)CCCCCC2)c1ccccc1. The quantitative estimate of drug-likeness (QED) is 0.533. The summed E-state index contributed by atoms with van der Waals surface area (Å²) in [6, 6.07) is 18.7. The summed E-state index contributed by atoms with van der Waals surface area (Å²) in [6.45, 7) is 0.299. The first-order chi connectivity index (χ1) is 17.5. The minimum absolute atomic E-state index is 0.00722. The Morgan fingerprint density at radius 2 is 1.72 bits per heavy atom. The van der Waals surface area contributed by atoms with Crippen molar-refractivity contribution in [2.24, 2.45) is 0 Å². The van der Waals surface area contributed by atoms with Crippen LogP contribution in [0.5, 0.6) is 0 Å². The highest BCUT2D eigenvalue weighted by molar-refractivity contribution is 5.97. The molecule has 1 amide bonds. The molecule has 1 heterocycles. The Morgan fingerprint density at radius 1 is 1.03 bits per heavy atom. The van der Waals surface area contributed by atoms with Crippen LogP contribution in [0.25, 0.3) is 0 Å². The molecular weight excluding hydrogens is 454 g/mol. The van der Waals surface area contributed by atoms with Crippen molar-refractivity contribution < 1.29 is 14.3 Å². The average Bonchev–Trinajstić information content (AvgIpc) is 2.90. The average molecular weight is 484 g/mol. The van der Waals surface area contributed by atoms with Gasteiger partial charge in [0.1, 0.15) is 5.56 Å². The van der Waals surface area contributed by atoms with Gasteiger partial charge in [-0.05, 0) is 60.6 Å². The number of nitriles is 1. The first-order valence-corrected chi connectivity index (χ1v) is 12.2. The number of esters is 1. The highest BCUT2D eigenvalue weighted by Gasteiger charge is 2.27. The molecule has 1 aliphatic carbocycles. The third-order valence-corrected chi connectivity index (χ3v) is 6.61. The van der Waals surface area contributed by atoms with E-state index < -0.39 is 23.5 Å². The first kappa shape index (κ1) is 24.9. The van der Waals surface area contributed by atoms with E-state index in [0.29, 0.717) is 17.7 Å². The van der Waals surface area contributed by atoms with Crippen molar-refractivity contribution in [2.45, 2.75) is 51.1 Å². The van der Waals surface area contributed by atoms with Crippen molar-refractivity contribution in [1.82, 2.24) is 9.88 Å². The van der Waals surface area contributed by atoms with Gasteiger partial charge in [-0.3, -0.25) is 9.59 Å². The number of nitrogens with one attached hydrogen (secondary N) is 1. The van der Waals surface area contributed by atoms with E-state index in [9.17, 15) is 14.4 Å². The molecule has 0 fully saturated rings. The second kappa shape index (κ2) is 11.5. The molecule has 4 rings (SSSR count). The number of rotatable bonds is 6. The zero-order valence-electron chi connectivity index (χ0n) is 20.3. The topological polar surface area (TPSA) is 101 Å². The number of nitrogens with zero attached hydrogens (tertiary/aromatic N) is 2. The minimum Gasteiger partial charge on any atom is -0.467 e. The molecule has 36 heavy (non-hydrogen) atoms. The molecule has 2 aromatic carbocycles. The van der Waals surface area contributed by atoms with Gasteiger partial charge in [-0.1, -0.05) is 55.3 Å². The van der Waals surface area contributed by atoms with Crippen molar-refractivity contribution in [3.63, 3.8) is 0 Å². The maximum Gasteiger partial charge on any atom is 0.333 e. The van der Waals surface area contributed by atoms with Crippen LogP contribution in [0.1, 0.15) is 70.0 Å². The van der Waals surface area contributed by atoms with E-state index in [-0.39, 0.29) is 5.56 Å². The van der Waals surface area contributed by atoms with Crippen LogP contribution in [0.15, 0.2) is 65.5 Å². The molecule has 7 heteroatoms. The number of ether oxygens (including phenoxy) is 1. The molecule has 1 aromatic heterocycles. The number of hydrogen-bond acceptors (Lipinski definition) is 5. The number of hydrogen-bond donors (Lipinski definition) is 1. The van der Waals surface area contributed by atoms with Gasteiger partial charge < -0.3 is 14.6 Å². The minimum atomic E-state index is -1.03. The third-order valence-electron chi connectivity index (χ3n) is 6.61. The maximum atomic E-state index is 13.7. The molecule has 1 unspecified atom stereocenters. The van der Waals surface area contributed by atoms with Crippen LogP contribution >= 0.6 is 0 Å². The van der Waals surface area contributed by atoms with Crippen molar-refractivity contribution in [3.05, 3.63) is 105 Å². The predicted octanol–water partition coefficient (Wildman–Crippen LogP) is 4.07. The van der Waals surface area contributed by atoms with Gasteiger partial charge in [-0.2, -0.15) is 5.26 Å². The maximum absolute atomic E-state index is 13.7. The largest absolute Gasteiger partial charge is 0.467 e. The molecule has 0 saturated carbocycles. The number of benzene rings is 2. The molecule has 0 saturated heterocycles. The number of aryl methyl sites for hydroxylation is 1. The van der Waals surface area contributed by atoms with E-state index in [0.717, 1.165) is 55.3 Å². The van der Waals surface area contributed by atoms with Crippen LogP contribution in [-0.2, 0) is 28.9 Å². The normalized spacial score (nSPS) is 13.9. The molecule has 0 spiro atoms. The monoisotopic (exact) mass is 483 g/mol. The molecular formula is C29H29N3O4. The number of carbonyl (C=O) groups is 2. The van der Waals surface area contributed by atoms with Crippen LogP contribution in [0.3, 0.4) is 0 Å². The van der Waals surface area contributed by atoms with E-state index in [1.54, 1.807) is 47.0 Å². The lowest BCUT2D eigenvalue weighted by Gasteiger charge is -2.22. The van der Waals surface area contributed by atoms with Gasteiger partial charge in [0.15, 0.2) is 6.04 Å². The Labute approximate surface area is 210 Å². The lowest BCUT2D eigenvalue weighted by molar-refractivity contribution is -0.143. The highest BCUT2D eigenvalue weighted by atomic mass is 16.5. The predicted molar refractivity (Wildman–Crippen MR) is 136 cm³/mol. The van der Waals surface area contributed by atoms with Crippen molar-refractivity contribution in [3.8, 4) is 6.07 Å². The molecule has 184 valence electrons. The number of amides is 1.